The van der Waals surface area contributed by atoms with Gasteiger partial charge in [0.15, 0.2) is 5.96 Å². The minimum absolute atomic E-state index is 0.0762. The number of carbonyl (C=O) groups is 1. The molecule has 0 spiro atoms. The van der Waals surface area contributed by atoms with Crippen molar-refractivity contribution in [3.63, 3.8) is 0 Å². The van der Waals surface area contributed by atoms with Crippen molar-refractivity contribution < 1.29 is 9.18 Å². The van der Waals surface area contributed by atoms with Crippen LogP contribution in [-0.4, -0.2) is 31.2 Å². The molecule has 0 heterocycles. The van der Waals surface area contributed by atoms with Crippen LogP contribution in [0.2, 0.25) is 0 Å². The summed E-state index contributed by atoms with van der Waals surface area (Å²) in [6, 6.07) is 12.7. The number of benzene rings is 2. The van der Waals surface area contributed by atoms with Crippen molar-refractivity contribution in [3.05, 3.63) is 65.0 Å². The quantitative estimate of drug-likeness (QED) is 0.428. The standard InChI is InChI=1S/C22H29FN4OS/c1-4-24-22(26-14-18-7-8-20(23)13-19(18)15-29-3)25-12-11-17-5-9-21(10-6-17)27-16(2)28/h5-10,13H,4,11-12,14-15H2,1-3H3,(H,27,28)(H2,24,25,26). The smallest absolute Gasteiger partial charge is 0.221 e. The average molecular weight is 417 g/mol. The number of aliphatic imine (C=N–C) groups is 1. The fourth-order valence-corrected chi connectivity index (χ4v) is 3.41. The first kappa shape index (κ1) is 22.7. The molecular weight excluding hydrogens is 387 g/mol. The fraction of sp³-hybridized carbons (Fsp3) is 0.364. The first-order valence-electron chi connectivity index (χ1n) is 9.66. The molecule has 156 valence electrons. The molecule has 29 heavy (non-hydrogen) atoms. The molecule has 0 bridgehead atoms. The van der Waals surface area contributed by atoms with E-state index >= 15 is 0 Å². The number of nitrogens with zero attached hydrogens (tertiary/aromatic N) is 1. The predicted molar refractivity (Wildman–Crippen MR) is 121 cm³/mol. The van der Waals surface area contributed by atoms with E-state index in [1.54, 1.807) is 17.8 Å². The minimum atomic E-state index is -0.212. The minimum Gasteiger partial charge on any atom is -0.357 e. The predicted octanol–water partition coefficient (Wildman–Crippen LogP) is 3.94. The first-order valence-corrected chi connectivity index (χ1v) is 11.1. The van der Waals surface area contributed by atoms with E-state index < -0.39 is 0 Å². The molecule has 0 aromatic heterocycles. The third kappa shape index (κ3) is 8.15. The second kappa shape index (κ2) is 12.1. The van der Waals surface area contributed by atoms with Gasteiger partial charge < -0.3 is 16.0 Å². The number of halogens is 1. The Labute approximate surface area is 176 Å². The molecule has 3 N–H and O–H groups in total. The van der Waals surface area contributed by atoms with E-state index in [1.165, 1.54) is 18.6 Å². The topological polar surface area (TPSA) is 65.5 Å². The molecule has 0 aliphatic rings. The first-order chi connectivity index (χ1) is 14.0. The Morgan fingerprint density at radius 3 is 2.52 bits per heavy atom. The second-order valence-electron chi connectivity index (χ2n) is 6.60. The molecule has 0 saturated carbocycles. The van der Waals surface area contributed by atoms with Gasteiger partial charge in [0.2, 0.25) is 5.91 Å². The molecule has 0 saturated heterocycles. The third-order valence-electron chi connectivity index (χ3n) is 4.20. The van der Waals surface area contributed by atoms with Gasteiger partial charge in [0, 0.05) is 31.5 Å². The van der Waals surface area contributed by atoms with Crippen LogP contribution in [0.3, 0.4) is 0 Å². The molecule has 0 aliphatic carbocycles. The van der Waals surface area contributed by atoms with Gasteiger partial charge >= 0.3 is 0 Å². The van der Waals surface area contributed by atoms with E-state index in [2.05, 4.69) is 20.9 Å². The maximum Gasteiger partial charge on any atom is 0.221 e. The van der Waals surface area contributed by atoms with Crippen LogP contribution in [0.15, 0.2) is 47.5 Å². The summed E-state index contributed by atoms with van der Waals surface area (Å²) in [6.45, 7) is 5.51. The number of thioether (sulfide) groups is 1. The lowest BCUT2D eigenvalue weighted by atomic mass is 10.1. The Hall–Kier alpha value is -2.54. The summed E-state index contributed by atoms with van der Waals surface area (Å²) in [5.74, 6) is 1.21. The lowest BCUT2D eigenvalue weighted by molar-refractivity contribution is -0.114. The number of carbonyl (C=O) groups excluding carboxylic acids is 1. The van der Waals surface area contributed by atoms with Crippen LogP contribution in [-0.2, 0) is 23.5 Å². The van der Waals surface area contributed by atoms with Crippen molar-refractivity contribution in [2.45, 2.75) is 32.6 Å². The third-order valence-corrected chi connectivity index (χ3v) is 4.80. The summed E-state index contributed by atoms with van der Waals surface area (Å²) < 4.78 is 13.5. The van der Waals surface area contributed by atoms with Crippen LogP contribution in [0.1, 0.15) is 30.5 Å². The molecule has 0 unspecified atom stereocenters. The maximum absolute atomic E-state index is 13.5. The van der Waals surface area contributed by atoms with E-state index in [0.29, 0.717) is 6.54 Å². The zero-order valence-corrected chi connectivity index (χ0v) is 18.0. The highest BCUT2D eigenvalue weighted by Gasteiger charge is 2.05. The highest BCUT2D eigenvalue weighted by atomic mass is 32.2. The summed E-state index contributed by atoms with van der Waals surface area (Å²) in [5, 5.41) is 9.35. The van der Waals surface area contributed by atoms with Gasteiger partial charge in [-0.25, -0.2) is 9.38 Å². The van der Waals surface area contributed by atoms with Gasteiger partial charge in [-0.15, -0.1) is 0 Å². The fourth-order valence-electron chi connectivity index (χ4n) is 2.83. The molecule has 0 fully saturated rings. The van der Waals surface area contributed by atoms with Crippen molar-refractivity contribution in [1.82, 2.24) is 10.6 Å². The molecule has 0 radical (unpaired) electrons. The van der Waals surface area contributed by atoms with E-state index in [0.717, 1.165) is 48.0 Å². The van der Waals surface area contributed by atoms with Crippen molar-refractivity contribution in [2.24, 2.45) is 4.99 Å². The molecule has 2 aromatic carbocycles. The van der Waals surface area contributed by atoms with E-state index in [9.17, 15) is 9.18 Å². The van der Waals surface area contributed by atoms with Crippen LogP contribution in [0.5, 0.6) is 0 Å². The number of anilines is 1. The number of nitrogens with one attached hydrogen (secondary N) is 3. The number of amides is 1. The average Bonchev–Trinajstić information content (AvgIpc) is 2.68. The van der Waals surface area contributed by atoms with Crippen LogP contribution in [0.25, 0.3) is 0 Å². The zero-order valence-electron chi connectivity index (χ0n) is 17.2. The van der Waals surface area contributed by atoms with E-state index in [-0.39, 0.29) is 11.7 Å². The highest BCUT2D eigenvalue weighted by molar-refractivity contribution is 7.97. The summed E-state index contributed by atoms with van der Waals surface area (Å²) >= 11 is 1.67. The largest absolute Gasteiger partial charge is 0.357 e. The lowest BCUT2D eigenvalue weighted by Crippen LogP contribution is -2.38. The van der Waals surface area contributed by atoms with Gasteiger partial charge in [0.1, 0.15) is 5.82 Å². The normalized spacial score (nSPS) is 11.2. The molecule has 2 rings (SSSR count). The summed E-state index contributed by atoms with van der Waals surface area (Å²) in [4.78, 5) is 15.7. The highest BCUT2D eigenvalue weighted by Crippen LogP contribution is 2.17. The molecule has 1 amide bonds. The molecule has 0 atom stereocenters. The van der Waals surface area contributed by atoms with Crippen molar-refractivity contribution in [3.8, 4) is 0 Å². The Morgan fingerprint density at radius 2 is 1.86 bits per heavy atom. The Morgan fingerprint density at radius 1 is 1.10 bits per heavy atom. The molecule has 5 nitrogen and oxygen atoms in total. The second-order valence-corrected chi connectivity index (χ2v) is 7.46. The molecule has 0 aliphatic heterocycles. The Kier molecular flexibility index (Phi) is 9.50. The molecule has 2 aromatic rings. The van der Waals surface area contributed by atoms with Gasteiger partial charge in [-0.1, -0.05) is 18.2 Å². The van der Waals surface area contributed by atoms with E-state index in [4.69, 9.17) is 0 Å². The monoisotopic (exact) mass is 416 g/mol. The van der Waals surface area contributed by atoms with Crippen LogP contribution >= 0.6 is 11.8 Å². The van der Waals surface area contributed by atoms with Crippen molar-refractivity contribution in [1.29, 1.82) is 0 Å². The summed E-state index contributed by atoms with van der Waals surface area (Å²) in [5.41, 5.74) is 3.98. The van der Waals surface area contributed by atoms with Crippen LogP contribution in [0, 0.1) is 5.82 Å². The van der Waals surface area contributed by atoms with Crippen molar-refractivity contribution in [2.75, 3.05) is 24.7 Å². The zero-order chi connectivity index (χ0) is 21.1. The number of hydrogen-bond donors (Lipinski definition) is 3. The van der Waals surface area contributed by atoms with Gasteiger partial charge in [0.05, 0.1) is 6.54 Å². The number of rotatable bonds is 9. The van der Waals surface area contributed by atoms with Gasteiger partial charge in [-0.3, -0.25) is 4.79 Å². The maximum atomic E-state index is 13.5. The van der Waals surface area contributed by atoms with Gasteiger partial charge in [-0.2, -0.15) is 11.8 Å². The SMILES string of the molecule is CCNC(=NCc1ccc(F)cc1CSC)NCCc1ccc(NC(C)=O)cc1. The van der Waals surface area contributed by atoms with Gasteiger partial charge in [0.25, 0.3) is 0 Å². The van der Waals surface area contributed by atoms with Crippen LogP contribution < -0.4 is 16.0 Å². The van der Waals surface area contributed by atoms with Crippen molar-refractivity contribution >= 4 is 29.3 Å². The Bertz CT molecular complexity index is 824. The number of hydrogen-bond acceptors (Lipinski definition) is 3. The number of guanidine groups is 1. The Balaban J connectivity index is 1.93. The van der Waals surface area contributed by atoms with Crippen LogP contribution in [0.4, 0.5) is 10.1 Å². The molecule has 7 heteroatoms. The summed E-state index contributed by atoms with van der Waals surface area (Å²) in [6.07, 6.45) is 2.84. The molecular formula is C22H29FN4OS. The lowest BCUT2D eigenvalue weighted by Gasteiger charge is -2.13. The van der Waals surface area contributed by atoms with Gasteiger partial charge in [-0.05, 0) is 60.6 Å². The van der Waals surface area contributed by atoms with E-state index in [1.807, 2.05) is 43.5 Å². The summed E-state index contributed by atoms with van der Waals surface area (Å²) in [7, 11) is 0.